The molecule has 0 bridgehead atoms. The lowest BCUT2D eigenvalue weighted by Crippen LogP contribution is -2.45. The number of aryl methyl sites for hydroxylation is 1. The van der Waals surface area contributed by atoms with Gasteiger partial charge in [-0.05, 0) is 42.0 Å². The van der Waals surface area contributed by atoms with Crippen molar-refractivity contribution in [2.45, 2.75) is 18.9 Å². The van der Waals surface area contributed by atoms with Gasteiger partial charge in [-0.1, -0.05) is 42.5 Å². The van der Waals surface area contributed by atoms with Crippen LogP contribution in [0.1, 0.15) is 12.0 Å². The van der Waals surface area contributed by atoms with Crippen molar-refractivity contribution in [3.63, 3.8) is 0 Å². The lowest BCUT2D eigenvalue weighted by atomic mass is 10.0. The molecule has 0 saturated carbocycles. The van der Waals surface area contributed by atoms with Crippen molar-refractivity contribution in [1.82, 2.24) is 15.6 Å². The van der Waals surface area contributed by atoms with Crippen molar-refractivity contribution in [2.24, 2.45) is 0 Å². The molecule has 28 heavy (non-hydrogen) atoms. The summed E-state index contributed by atoms with van der Waals surface area (Å²) >= 11 is 0. The zero-order valence-corrected chi connectivity index (χ0v) is 15.7. The molecule has 1 atom stereocenters. The van der Waals surface area contributed by atoms with Gasteiger partial charge >= 0.3 is 0 Å². The summed E-state index contributed by atoms with van der Waals surface area (Å²) in [5, 5.41) is 10.4. The van der Waals surface area contributed by atoms with Crippen LogP contribution >= 0.6 is 0 Å². The predicted molar refractivity (Wildman–Crippen MR) is 115 cm³/mol. The Hall–Kier alpha value is -2.82. The zero-order chi connectivity index (χ0) is 18.8. The van der Waals surface area contributed by atoms with Gasteiger partial charge in [-0.15, -0.1) is 0 Å². The number of hydrogen-bond donors (Lipinski definition) is 3. The van der Waals surface area contributed by atoms with E-state index in [2.05, 4.69) is 70.8 Å². The Balaban J connectivity index is 1.46. The maximum absolute atomic E-state index is 6.44. The minimum Gasteiger partial charge on any atom is -0.456 e. The summed E-state index contributed by atoms with van der Waals surface area (Å²) in [6.45, 7) is 4.06. The molecule has 4 aromatic rings. The first-order valence-corrected chi connectivity index (χ1v) is 9.91. The Bertz CT molecular complexity index is 1090. The second-order valence-corrected chi connectivity index (χ2v) is 7.34. The van der Waals surface area contributed by atoms with Crippen LogP contribution in [0.5, 0.6) is 11.5 Å². The first-order chi connectivity index (χ1) is 13.9. The SMILES string of the molecule is [CH]1CNCC(CCc2c[nH]c3cccc(Oc4cccc5ccccc45)c23)N1. The van der Waals surface area contributed by atoms with Crippen LogP contribution in [0, 0.1) is 6.54 Å². The minimum absolute atomic E-state index is 0.477. The number of piperazine rings is 1. The zero-order valence-electron chi connectivity index (χ0n) is 15.7. The molecule has 0 aliphatic carbocycles. The molecule has 1 aromatic heterocycles. The van der Waals surface area contributed by atoms with Crippen LogP contribution in [-0.2, 0) is 6.42 Å². The van der Waals surface area contributed by atoms with Crippen molar-refractivity contribution in [2.75, 3.05) is 13.1 Å². The van der Waals surface area contributed by atoms with E-state index in [0.29, 0.717) is 6.04 Å². The number of nitrogens with one attached hydrogen (secondary N) is 3. The van der Waals surface area contributed by atoms with E-state index in [4.69, 9.17) is 4.74 Å². The van der Waals surface area contributed by atoms with Crippen molar-refractivity contribution < 1.29 is 4.74 Å². The van der Waals surface area contributed by atoms with Crippen LogP contribution in [0.25, 0.3) is 21.7 Å². The minimum atomic E-state index is 0.477. The number of fused-ring (bicyclic) bond motifs is 2. The predicted octanol–water partition coefficient (Wildman–Crippen LogP) is 4.77. The van der Waals surface area contributed by atoms with Crippen LogP contribution in [0.2, 0.25) is 0 Å². The Labute approximate surface area is 164 Å². The Kier molecular flexibility index (Phi) is 4.73. The van der Waals surface area contributed by atoms with Gasteiger partial charge in [0.25, 0.3) is 0 Å². The molecule has 3 aromatic carbocycles. The topological polar surface area (TPSA) is 49.1 Å². The molecule has 1 unspecified atom stereocenters. The standard InChI is InChI=1S/C24H24N3O/c1-2-7-20-17(5-1)6-3-9-22(20)28-23-10-4-8-21-24(23)18(15-27-21)11-12-19-16-25-13-14-26-19/h1-10,14-15,19,25-27H,11-13,16H2. The molecule has 5 rings (SSSR count). The number of aromatic amines is 1. The fourth-order valence-corrected chi connectivity index (χ4v) is 4.03. The maximum Gasteiger partial charge on any atom is 0.137 e. The summed E-state index contributed by atoms with van der Waals surface area (Å²) in [5.41, 5.74) is 2.42. The summed E-state index contributed by atoms with van der Waals surface area (Å²) < 4.78 is 6.44. The highest BCUT2D eigenvalue weighted by atomic mass is 16.5. The third-order valence-electron chi connectivity index (χ3n) is 5.47. The highest BCUT2D eigenvalue weighted by Crippen LogP contribution is 2.36. The number of hydrogen-bond acceptors (Lipinski definition) is 3. The molecule has 1 aliphatic rings. The number of rotatable bonds is 5. The molecular formula is C24H24N3O. The monoisotopic (exact) mass is 370 g/mol. The number of benzene rings is 3. The van der Waals surface area contributed by atoms with E-state index < -0.39 is 0 Å². The van der Waals surface area contributed by atoms with Crippen molar-refractivity contribution >= 4 is 21.7 Å². The lowest BCUT2D eigenvalue weighted by molar-refractivity contribution is 0.437. The summed E-state index contributed by atoms with van der Waals surface area (Å²) in [7, 11) is 0. The Morgan fingerprint density at radius 3 is 2.71 bits per heavy atom. The van der Waals surface area contributed by atoms with E-state index in [1.165, 1.54) is 16.3 Å². The van der Waals surface area contributed by atoms with E-state index >= 15 is 0 Å². The van der Waals surface area contributed by atoms with Crippen LogP contribution in [-0.4, -0.2) is 24.1 Å². The molecule has 1 radical (unpaired) electrons. The third kappa shape index (κ3) is 3.37. The number of ether oxygens (including phenoxy) is 1. The molecule has 1 fully saturated rings. The van der Waals surface area contributed by atoms with Crippen LogP contribution < -0.4 is 15.4 Å². The summed E-state index contributed by atoms with van der Waals surface area (Å²) in [5.74, 6) is 1.80. The maximum atomic E-state index is 6.44. The van der Waals surface area contributed by atoms with Crippen LogP contribution in [0.15, 0.2) is 66.9 Å². The number of H-pyrrole nitrogens is 1. The molecule has 1 aliphatic heterocycles. The molecule has 2 heterocycles. The summed E-state index contributed by atoms with van der Waals surface area (Å²) in [4.78, 5) is 3.42. The van der Waals surface area contributed by atoms with Crippen molar-refractivity contribution in [3.05, 3.63) is 79.0 Å². The second kappa shape index (κ2) is 7.66. The molecule has 3 N–H and O–H groups in total. The average Bonchev–Trinajstić information content (AvgIpc) is 3.17. The molecule has 4 heteroatoms. The normalized spacial score (nSPS) is 17.2. The largest absolute Gasteiger partial charge is 0.456 e. The van der Waals surface area contributed by atoms with Crippen molar-refractivity contribution in [1.29, 1.82) is 0 Å². The Morgan fingerprint density at radius 2 is 1.79 bits per heavy atom. The van der Waals surface area contributed by atoms with Gasteiger partial charge < -0.3 is 20.4 Å². The van der Waals surface area contributed by atoms with Gasteiger partial charge in [0, 0.05) is 48.2 Å². The fourth-order valence-electron chi connectivity index (χ4n) is 4.03. The van der Waals surface area contributed by atoms with E-state index in [1.807, 2.05) is 18.2 Å². The van der Waals surface area contributed by atoms with Gasteiger partial charge in [-0.25, -0.2) is 0 Å². The van der Waals surface area contributed by atoms with Crippen LogP contribution in [0.3, 0.4) is 0 Å². The van der Waals surface area contributed by atoms with Gasteiger partial charge in [-0.3, -0.25) is 0 Å². The summed E-state index contributed by atoms with van der Waals surface area (Å²) in [6.07, 6.45) is 4.21. The third-order valence-corrected chi connectivity index (χ3v) is 5.47. The van der Waals surface area contributed by atoms with E-state index in [0.717, 1.165) is 48.3 Å². The molecule has 4 nitrogen and oxygen atoms in total. The van der Waals surface area contributed by atoms with Gasteiger partial charge in [0.1, 0.15) is 11.5 Å². The van der Waals surface area contributed by atoms with E-state index in [-0.39, 0.29) is 0 Å². The van der Waals surface area contributed by atoms with Gasteiger partial charge in [0.05, 0.1) is 0 Å². The molecule has 141 valence electrons. The fraction of sp³-hybridized carbons (Fsp3) is 0.208. The highest BCUT2D eigenvalue weighted by Gasteiger charge is 2.15. The molecular weight excluding hydrogens is 346 g/mol. The average molecular weight is 370 g/mol. The first-order valence-electron chi connectivity index (χ1n) is 9.91. The van der Waals surface area contributed by atoms with E-state index in [1.54, 1.807) is 0 Å². The quantitative estimate of drug-likeness (QED) is 0.474. The number of aromatic nitrogens is 1. The molecule has 0 spiro atoms. The first kappa shape index (κ1) is 17.3. The van der Waals surface area contributed by atoms with Crippen molar-refractivity contribution in [3.8, 4) is 11.5 Å². The second-order valence-electron chi connectivity index (χ2n) is 7.34. The lowest BCUT2D eigenvalue weighted by Gasteiger charge is -2.24. The van der Waals surface area contributed by atoms with Crippen LogP contribution in [0.4, 0.5) is 0 Å². The molecule has 0 amide bonds. The van der Waals surface area contributed by atoms with Gasteiger partial charge in [0.2, 0.25) is 0 Å². The smallest absolute Gasteiger partial charge is 0.137 e. The van der Waals surface area contributed by atoms with Gasteiger partial charge in [0.15, 0.2) is 0 Å². The summed E-state index contributed by atoms with van der Waals surface area (Å²) in [6, 6.07) is 21.3. The molecule has 1 saturated heterocycles. The highest BCUT2D eigenvalue weighted by molar-refractivity contribution is 5.92. The van der Waals surface area contributed by atoms with E-state index in [9.17, 15) is 0 Å². The van der Waals surface area contributed by atoms with Gasteiger partial charge in [-0.2, -0.15) is 0 Å². The Morgan fingerprint density at radius 1 is 0.929 bits per heavy atom.